The predicted octanol–water partition coefficient (Wildman–Crippen LogP) is 3.34. The highest BCUT2D eigenvalue weighted by Crippen LogP contribution is 2.22. The first kappa shape index (κ1) is 13.9. The fraction of sp³-hybridized carbons (Fsp3) is 0.0714. The predicted molar refractivity (Wildman–Crippen MR) is 66.8 cm³/mol. The molecule has 0 radical (unpaired) electrons. The Balaban J connectivity index is 2.34. The largest absolute Gasteiger partial charge is 0.479 e. The highest BCUT2D eigenvalue weighted by atomic mass is 19.1. The Morgan fingerprint density at radius 3 is 2.20 bits per heavy atom. The molecule has 0 saturated carbocycles. The van der Waals surface area contributed by atoms with Gasteiger partial charge in [-0.25, -0.2) is 18.0 Å². The maximum Gasteiger partial charge on any atom is 0.330 e. The fourth-order valence-electron chi connectivity index (χ4n) is 1.77. The molecule has 6 heteroatoms. The number of carboxylic acid groups (broad SMARTS) is 1. The first-order valence-corrected chi connectivity index (χ1v) is 5.66. The zero-order valence-corrected chi connectivity index (χ0v) is 10.1. The second kappa shape index (κ2) is 5.64. The molecule has 0 spiro atoms. The Morgan fingerprint density at radius 2 is 1.65 bits per heavy atom. The van der Waals surface area contributed by atoms with Crippen molar-refractivity contribution in [3.63, 3.8) is 0 Å². The van der Waals surface area contributed by atoms with Crippen LogP contribution in [0.25, 0.3) is 0 Å². The molecule has 2 rings (SSSR count). The van der Waals surface area contributed by atoms with Crippen molar-refractivity contribution in [2.24, 2.45) is 0 Å². The van der Waals surface area contributed by atoms with Crippen LogP contribution in [0.4, 0.5) is 18.9 Å². The van der Waals surface area contributed by atoms with Crippen molar-refractivity contribution in [2.75, 3.05) is 5.32 Å². The summed E-state index contributed by atoms with van der Waals surface area (Å²) >= 11 is 0. The summed E-state index contributed by atoms with van der Waals surface area (Å²) in [6.07, 6.45) is 0. The molecule has 0 aliphatic carbocycles. The average molecular weight is 281 g/mol. The first-order chi connectivity index (χ1) is 9.45. The number of benzene rings is 2. The van der Waals surface area contributed by atoms with E-state index in [0.29, 0.717) is 6.07 Å². The second-order valence-corrected chi connectivity index (χ2v) is 4.13. The number of rotatable bonds is 4. The lowest BCUT2D eigenvalue weighted by Gasteiger charge is -2.16. The number of nitrogens with one attached hydrogen (secondary N) is 1. The molecule has 2 N–H and O–H groups in total. The lowest BCUT2D eigenvalue weighted by Crippen LogP contribution is -2.21. The number of carboxylic acids is 1. The van der Waals surface area contributed by atoms with Gasteiger partial charge in [0.1, 0.15) is 17.5 Å². The van der Waals surface area contributed by atoms with Crippen molar-refractivity contribution in [3.05, 3.63) is 65.5 Å². The second-order valence-electron chi connectivity index (χ2n) is 4.13. The summed E-state index contributed by atoms with van der Waals surface area (Å²) < 4.78 is 39.3. The molecule has 1 atom stereocenters. The number of hydrogen-bond donors (Lipinski definition) is 2. The Morgan fingerprint density at radius 1 is 1.00 bits per heavy atom. The van der Waals surface area contributed by atoms with Crippen molar-refractivity contribution < 1.29 is 23.1 Å². The fourth-order valence-corrected chi connectivity index (χ4v) is 1.77. The highest BCUT2D eigenvalue weighted by molar-refractivity contribution is 5.79. The van der Waals surface area contributed by atoms with Crippen LogP contribution in [0.3, 0.4) is 0 Å². The van der Waals surface area contributed by atoms with Gasteiger partial charge < -0.3 is 10.4 Å². The lowest BCUT2D eigenvalue weighted by atomic mass is 10.1. The molecule has 104 valence electrons. The third-order valence-electron chi connectivity index (χ3n) is 2.60. The lowest BCUT2D eigenvalue weighted by molar-refractivity contribution is -0.138. The summed E-state index contributed by atoms with van der Waals surface area (Å²) in [5, 5.41) is 11.7. The molecule has 0 saturated heterocycles. The van der Waals surface area contributed by atoms with E-state index in [1.807, 2.05) is 0 Å². The molecule has 1 unspecified atom stereocenters. The summed E-state index contributed by atoms with van der Waals surface area (Å²) in [7, 11) is 0. The third kappa shape index (κ3) is 3.28. The average Bonchev–Trinajstić information content (AvgIpc) is 2.34. The standard InChI is InChI=1S/C14H10F3NO2/c15-9-2-1-3-12(7-9)18-13(14(19)20)8-4-10(16)6-11(17)5-8/h1-7,13,18H,(H,19,20). The molecule has 0 heterocycles. The van der Waals surface area contributed by atoms with Crippen molar-refractivity contribution in [2.45, 2.75) is 6.04 Å². The topological polar surface area (TPSA) is 49.3 Å². The van der Waals surface area contributed by atoms with E-state index in [2.05, 4.69) is 5.32 Å². The van der Waals surface area contributed by atoms with E-state index in [-0.39, 0.29) is 11.3 Å². The molecule has 0 fully saturated rings. The van der Waals surface area contributed by atoms with E-state index >= 15 is 0 Å². The van der Waals surface area contributed by atoms with Crippen LogP contribution >= 0.6 is 0 Å². The third-order valence-corrected chi connectivity index (χ3v) is 2.60. The van der Waals surface area contributed by atoms with Crippen LogP contribution in [-0.2, 0) is 4.79 Å². The summed E-state index contributed by atoms with van der Waals surface area (Å²) in [5.41, 5.74) is 0.0985. The SMILES string of the molecule is O=C(O)C(Nc1cccc(F)c1)c1cc(F)cc(F)c1. The van der Waals surface area contributed by atoms with Crippen LogP contribution in [0.1, 0.15) is 11.6 Å². The van der Waals surface area contributed by atoms with Gasteiger partial charge >= 0.3 is 5.97 Å². The van der Waals surface area contributed by atoms with E-state index in [1.54, 1.807) is 0 Å². The molecule has 2 aromatic rings. The first-order valence-electron chi connectivity index (χ1n) is 5.66. The summed E-state index contributed by atoms with van der Waals surface area (Å²) in [6, 6.07) is 6.21. The van der Waals surface area contributed by atoms with Gasteiger partial charge in [-0.15, -0.1) is 0 Å². The van der Waals surface area contributed by atoms with Gasteiger partial charge in [0.15, 0.2) is 6.04 Å². The number of aliphatic carboxylic acids is 1. The molecule has 0 aliphatic heterocycles. The Hall–Kier alpha value is -2.50. The van der Waals surface area contributed by atoms with Gasteiger partial charge in [0.05, 0.1) is 0 Å². The maximum absolute atomic E-state index is 13.1. The van der Waals surface area contributed by atoms with E-state index in [1.165, 1.54) is 18.2 Å². The van der Waals surface area contributed by atoms with Gasteiger partial charge in [0, 0.05) is 11.8 Å². The molecule has 3 nitrogen and oxygen atoms in total. The molecule has 0 bridgehead atoms. The van der Waals surface area contributed by atoms with Crippen molar-refractivity contribution in [3.8, 4) is 0 Å². The van der Waals surface area contributed by atoms with E-state index in [4.69, 9.17) is 5.11 Å². The molecule has 20 heavy (non-hydrogen) atoms. The maximum atomic E-state index is 13.1. The number of anilines is 1. The molecular weight excluding hydrogens is 271 g/mol. The Labute approximate surface area is 112 Å². The van der Waals surface area contributed by atoms with Gasteiger partial charge in [-0.3, -0.25) is 0 Å². The van der Waals surface area contributed by atoms with Gasteiger partial charge in [-0.05, 0) is 35.9 Å². The molecular formula is C14H10F3NO2. The van der Waals surface area contributed by atoms with Crippen molar-refractivity contribution in [1.82, 2.24) is 0 Å². The van der Waals surface area contributed by atoms with Gasteiger partial charge in [0.25, 0.3) is 0 Å². The molecule has 2 aromatic carbocycles. The van der Waals surface area contributed by atoms with Crippen LogP contribution < -0.4 is 5.32 Å². The minimum absolute atomic E-state index is 0.0979. The highest BCUT2D eigenvalue weighted by Gasteiger charge is 2.21. The van der Waals surface area contributed by atoms with Gasteiger partial charge in [0.2, 0.25) is 0 Å². The number of hydrogen-bond acceptors (Lipinski definition) is 2. The number of carbonyl (C=O) groups is 1. The van der Waals surface area contributed by atoms with E-state index in [0.717, 1.165) is 18.2 Å². The van der Waals surface area contributed by atoms with Gasteiger partial charge in [-0.1, -0.05) is 6.07 Å². The Bertz CT molecular complexity index is 626. The van der Waals surface area contributed by atoms with Crippen molar-refractivity contribution in [1.29, 1.82) is 0 Å². The van der Waals surface area contributed by atoms with Crippen molar-refractivity contribution >= 4 is 11.7 Å². The van der Waals surface area contributed by atoms with E-state index in [9.17, 15) is 18.0 Å². The summed E-state index contributed by atoms with van der Waals surface area (Å²) in [4.78, 5) is 11.2. The zero-order chi connectivity index (χ0) is 14.7. The molecule has 0 aromatic heterocycles. The van der Waals surface area contributed by atoms with Gasteiger partial charge in [-0.2, -0.15) is 0 Å². The normalized spacial score (nSPS) is 11.9. The summed E-state index contributed by atoms with van der Waals surface area (Å²) in [5.74, 6) is -3.65. The monoisotopic (exact) mass is 281 g/mol. The Kier molecular flexibility index (Phi) is 3.93. The van der Waals surface area contributed by atoms with Crippen LogP contribution in [0.2, 0.25) is 0 Å². The van der Waals surface area contributed by atoms with Crippen LogP contribution in [-0.4, -0.2) is 11.1 Å². The van der Waals surface area contributed by atoms with E-state index < -0.39 is 29.5 Å². The quantitative estimate of drug-likeness (QED) is 0.903. The minimum Gasteiger partial charge on any atom is -0.479 e. The summed E-state index contributed by atoms with van der Waals surface area (Å²) in [6.45, 7) is 0. The molecule has 0 aliphatic rings. The smallest absolute Gasteiger partial charge is 0.330 e. The van der Waals surface area contributed by atoms with Crippen LogP contribution in [0.5, 0.6) is 0 Å². The van der Waals surface area contributed by atoms with Crippen LogP contribution in [0, 0.1) is 17.5 Å². The minimum atomic E-state index is -1.39. The van der Waals surface area contributed by atoms with Crippen LogP contribution in [0.15, 0.2) is 42.5 Å². The number of halogens is 3. The molecule has 0 amide bonds. The zero-order valence-electron chi connectivity index (χ0n) is 10.1.